The maximum Gasteiger partial charge on any atom is 0.270 e. The van der Waals surface area contributed by atoms with Gasteiger partial charge < -0.3 is 5.32 Å². The summed E-state index contributed by atoms with van der Waals surface area (Å²) in [5.74, 6) is 0.347. The number of halogens is 1. The number of pyridine rings is 1. The largest absolute Gasteiger partial charge is 0.350 e. The summed E-state index contributed by atoms with van der Waals surface area (Å²) in [5, 5.41) is 6.92. The molecule has 1 atom stereocenters. The molecule has 0 spiro atoms. The third-order valence-corrected chi connectivity index (χ3v) is 6.58. The fourth-order valence-electron chi connectivity index (χ4n) is 3.14. The second-order valence-corrected chi connectivity index (χ2v) is 9.09. The normalized spacial score (nSPS) is 14.2. The van der Waals surface area contributed by atoms with Gasteiger partial charge in [-0.3, -0.25) is 4.79 Å². The van der Waals surface area contributed by atoms with Crippen LogP contribution in [-0.2, 0) is 12.7 Å². The van der Waals surface area contributed by atoms with Gasteiger partial charge in [0.2, 0.25) is 5.01 Å². The lowest BCUT2D eigenvalue weighted by molar-refractivity contribution is 0.0948. The summed E-state index contributed by atoms with van der Waals surface area (Å²) >= 11 is 6.11. The van der Waals surface area contributed by atoms with Gasteiger partial charge in [0.1, 0.15) is 11.9 Å². The van der Waals surface area contributed by atoms with Gasteiger partial charge in [0.05, 0.1) is 18.3 Å². The van der Waals surface area contributed by atoms with E-state index in [1.807, 2.05) is 42.6 Å². The highest BCUT2D eigenvalue weighted by Gasteiger charge is 2.29. The first kappa shape index (κ1) is 18.1. The Bertz CT molecular complexity index is 981. The minimum atomic E-state index is -0.108. The molecule has 27 heavy (non-hydrogen) atoms. The van der Waals surface area contributed by atoms with Crippen LogP contribution in [0, 0.1) is 0 Å². The molecular formula is C21H21ClN3OS+. The number of carbonyl (C=O) groups excluding carboxylic acids is 1. The molecule has 0 saturated heterocycles. The molecule has 4 rings (SSSR count). The van der Waals surface area contributed by atoms with Crippen molar-refractivity contribution in [3.8, 4) is 11.3 Å². The Labute approximate surface area is 166 Å². The third-order valence-electron chi connectivity index (χ3n) is 4.76. The van der Waals surface area contributed by atoms with Crippen molar-refractivity contribution in [1.29, 1.82) is 0 Å². The van der Waals surface area contributed by atoms with Crippen LogP contribution >= 0.6 is 22.1 Å². The Morgan fingerprint density at radius 1 is 1.30 bits per heavy atom. The predicted molar refractivity (Wildman–Crippen MR) is 110 cm³/mol. The zero-order chi connectivity index (χ0) is 18.8. The number of benzene rings is 1. The number of hydrogen-bond acceptors (Lipinski definition) is 3. The maximum atomic E-state index is 12.9. The highest BCUT2D eigenvalue weighted by atomic mass is 35.5. The Hall–Kier alpha value is -2.24. The lowest BCUT2D eigenvalue weighted by Crippen LogP contribution is -2.27. The smallest absolute Gasteiger partial charge is 0.270 e. The summed E-state index contributed by atoms with van der Waals surface area (Å²) in [6.45, 7) is 0.573. The van der Waals surface area contributed by atoms with Crippen molar-refractivity contribution >= 4 is 28.0 Å². The SMILES string of the molecule is C[s+]1ccnc1CCNC(=O)c1nc(-c2cccc(Cl)c2)ccc1C1CC1. The van der Waals surface area contributed by atoms with Crippen LogP contribution in [0.25, 0.3) is 11.3 Å². The van der Waals surface area contributed by atoms with Crippen LogP contribution in [0.2, 0.25) is 5.02 Å². The van der Waals surface area contributed by atoms with Crippen LogP contribution < -0.4 is 5.32 Å². The van der Waals surface area contributed by atoms with Gasteiger partial charge in [-0.25, -0.2) is 9.97 Å². The number of thiazole rings is 1. The first-order valence-electron chi connectivity index (χ1n) is 9.05. The van der Waals surface area contributed by atoms with E-state index in [4.69, 9.17) is 16.6 Å². The third kappa shape index (κ3) is 4.20. The van der Waals surface area contributed by atoms with E-state index in [-0.39, 0.29) is 16.4 Å². The van der Waals surface area contributed by atoms with Gasteiger partial charge in [-0.15, -0.1) is 0 Å². The molecule has 0 aliphatic heterocycles. The fourth-order valence-corrected chi connectivity index (χ4v) is 4.38. The van der Waals surface area contributed by atoms with Crippen molar-refractivity contribution < 1.29 is 4.79 Å². The summed E-state index contributed by atoms with van der Waals surface area (Å²) in [6.07, 6.45) is 7.01. The molecule has 138 valence electrons. The van der Waals surface area contributed by atoms with Gasteiger partial charge in [-0.05, 0) is 53.0 Å². The monoisotopic (exact) mass is 398 g/mol. The molecule has 1 aliphatic carbocycles. The van der Waals surface area contributed by atoms with Crippen molar-refractivity contribution in [1.82, 2.24) is 15.3 Å². The van der Waals surface area contributed by atoms with Crippen LogP contribution in [-0.4, -0.2) is 22.4 Å². The molecule has 3 aromatic rings. The number of hydrogen-bond donors (Lipinski definition) is 1. The topological polar surface area (TPSA) is 54.9 Å². The quantitative estimate of drug-likeness (QED) is 0.599. The van der Waals surface area contributed by atoms with E-state index in [1.165, 1.54) is 0 Å². The van der Waals surface area contributed by atoms with Crippen molar-refractivity contribution in [2.45, 2.75) is 25.2 Å². The molecule has 0 radical (unpaired) electrons. The van der Waals surface area contributed by atoms with Crippen LogP contribution in [0.15, 0.2) is 48.0 Å². The van der Waals surface area contributed by atoms with E-state index < -0.39 is 0 Å². The number of carbonyl (C=O) groups is 1. The van der Waals surface area contributed by atoms with Gasteiger partial charge in [-0.1, -0.05) is 29.8 Å². The first-order valence-corrected chi connectivity index (χ1v) is 11.1. The molecule has 1 amide bonds. The minimum absolute atomic E-state index is 0.0876. The number of aromatic nitrogens is 2. The van der Waals surface area contributed by atoms with Gasteiger partial charge in [0.25, 0.3) is 5.91 Å². The first-order chi connectivity index (χ1) is 13.1. The van der Waals surface area contributed by atoms with E-state index >= 15 is 0 Å². The molecule has 1 N–H and O–H groups in total. The maximum absolute atomic E-state index is 12.9. The molecule has 1 saturated carbocycles. The Balaban J connectivity index is 1.55. The van der Waals surface area contributed by atoms with Crippen molar-refractivity contribution in [3.05, 3.63) is 69.3 Å². The molecule has 1 unspecified atom stereocenters. The van der Waals surface area contributed by atoms with Gasteiger partial charge in [0, 0.05) is 17.1 Å². The van der Waals surface area contributed by atoms with Gasteiger partial charge in [-0.2, -0.15) is 0 Å². The molecule has 1 aromatic carbocycles. The van der Waals surface area contributed by atoms with E-state index in [0.717, 1.165) is 41.1 Å². The van der Waals surface area contributed by atoms with Crippen LogP contribution in [0.3, 0.4) is 0 Å². The van der Waals surface area contributed by atoms with Crippen LogP contribution in [0.1, 0.15) is 39.8 Å². The van der Waals surface area contributed by atoms with E-state index in [2.05, 4.69) is 21.9 Å². The van der Waals surface area contributed by atoms with E-state index in [1.54, 1.807) is 0 Å². The molecule has 1 fully saturated rings. The summed E-state index contributed by atoms with van der Waals surface area (Å²) in [6, 6.07) is 11.6. The predicted octanol–water partition coefficient (Wildman–Crippen LogP) is 4.93. The molecular weight excluding hydrogens is 378 g/mol. The fraction of sp³-hybridized carbons (Fsp3) is 0.286. The van der Waals surface area contributed by atoms with Crippen LogP contribution in [0.4, 0.5) is 0 Å². The number of rotatable bonds is 6. The number of amides is 1. The summed E-state index contributed by atoms with van der Waals surface area (Å²) < 4.78 is 0. The molecule has 2 aromatic heterocycles. The second-order valence-electron chi connectivity index (χ2n) is 6.79. The average molecular weight is 399 g/mol. The van der Waals surface area contributed by atoms with E-state index in [0.29, 0.717) is 23.2 Å². The zero-order valence-corrected chi connectivity index (χ0v) is 16.7. The number of nitrogens with zero attached hydrogens (tertiary/aromatic N) is 2. The second kappa shape index (κ2) is 7.79. The molecule has 0 bridgehead atoms. The Morgan fingerprint density at radius 2 is 2.15 bits per heavy atom. The number of aryl methyl sites for hydroxylation is 1. The lowest BCUT2D eigenvalue weighted by atomic mass is 10.0. The highest BCUT2D eigenvalue weighted by molar-refractivity contribution is 7.27. The molecule has 4 nitrogen and oxygen atoms in total. The number of nitrogens with one attached hydrogen (secondary N) is 1. The molecule has 6 heteroatoms. The minimum Gasteiger partial charge on any atom is -0.350 e. The van der Waals surface area contributed by atoms with E-state index in [9.17, 15) is 4.79 Å². The molecule has 2 heterocycles. The average Bonchev–Trinajstić information content (AvgIpc) is 3.44. The Morgan fingerprint density at radius 3 is 2.85 bits per heavy atom. The zero-order valence-electron chi connectivity index (χ0n) is 15.1. The van der Waals surface area contributed by atoms with Crippen molar-refractivity contribution in [2.24, 2.45) is 6.26 Å². The van der Waals surface area contributed by atoms with Crippen molar-refractivity contribution in [3.63, 3.8) is 0 Å². The Kier molecular flexibility index (Phi) is 5.23. The van der Waals surface area contributed by atoms with Crippen molar-refractivity contribution in [2.75, 3.05) is 6.54 Å². The standard InChI is InChI=1S/C21H20ClN3OS/c1-27-12-11-23-19(27)9-10-24-21(26)20-17(14-5-6-14)7-8-18(25-20)15-3-2-4-16(22)13-15/h2-4,7-8,11-14H,5-6,9-10H2,1H3/p+1. The van der Waals surface area contributed by atoms with Gasteiger partial charge >= 0.3 is 0 Å². The summed E-state index contributed by atoms with van der Waals surface area (Å²) in [5.41, 5.74) is 3.28. The van der Waals surface area contributed by atoms with Gasteiger partial charge in [0.15, 0.2) is 5.38 Å². The van der Waals surface area contributed by atoms with Crippen LogP contribution in [0.5, 0.6) is 0 Å². The molecule has 1 aliphatic rings. The summed E-state index contributed by atoms with van der Waals surface area (Å²) in [4.78, 5) is 21.9. The summed E-state index contributed by atoms with van der Waals surface area (Å²) in [7, 11) is 0.0876. The lowest BCUT2D eigenvalue weighted by Gasteiger charge is -2.11. The highest BCUT2D eigenvalue weighted by Crippen LogP contribution is 2.41.